The van der Waals surface area contributed by atoms with Gasteiger partial charge in [0.05, 0.1) is 18.8 Å². The molecule has 0 aliphatic heterocycles. The van der Waals surface area contributed by atoms with Crippen molar-refractivity contribution in [2.24, 2.45) is 5.92 Å². The van der Waals surface area contributed by atoms with Gasteiger partial charge in [-0.1, -0.05) is 168 Å². The molecule has 0 aromatic heterocycles. The lowest BCUT2D eigenvalue weighted by molar-refractivity contribution is -0.123. The molecule has 4 nitrogen and oxygen atoms in total. The summed E-state index contributed by atoms with van der Waals surface area (Å²) in [5, 5.41) is 22.8. The zero-order chi connectivity index (χ0) is 28.8. The molecule has 0 saturated carbocycles. The van der Waals surface area contributed by atoms with E-state index in [2.05, 4.69) is 26.1 Å². The van der Waals surface area contributed by atoms with Crippen molar-refractivity contribution >= 4 is 5.91 Å². The van der Waals surface area contributed by atoms with E-state index in [1.54, 1.807) is 6.08 Å². The van der Waals surface area contributed by atoms with Crippen LogP contribution in [0.2, 0.25) is 0 Å². The van der Waals surface area contributed by atoms with Gasteiger partial charge in [-0.05, 0) is 25.2 Å². The Balaban J connectivity index is 3.62. The van der Waals surface area contributed by atoms with Crippen molar-refractivity contribution in [1.82, 2.24) is 5.32 Å². The van der Waals surface area contributed by atoms with Gasteiger partial charge in [-0.15, -0.1) is 0 Å². The van der Waals surface area contributed by atoms with E-state index in [4.69, 9.17) is 0 Å². The highest BCUT2D eigenvalue weighted by Gasteiger charge is 2.17. The predicted molar refractivity (Wildman–Crippen MR) is 170 cm³/mol. The fourth-order valence-electron chi connectivity index (χ4n) is 5.24. The minimum atomic E-state index is -0.832. The van der Waals surface area contributed by atoms with Gasteiger partial charge in [0.1, 0.15) is 0 Å². The smallest absolute Gasteiger partial charge is 0.220 e. The predicted octanol–water partition coefficient (Wildman–Crippen LogP) is 9.81. The summed E-state index contributed by atoms with van der Waals surface area (Å²) in [7, 11) is 0. The molecule has 0 aliphatic rings. The number of carbonyl (C=O) groups excluding carboxylic acids is 1. The molecule has 2 atom stereocenters. The van der Waals surface area contributed by atoms with Crippen LogP contribution in [0.3, 0.4) is 0 Å². The van der Waals surface area contributed by atoms with Crippen molar-refractivity contribution < 1.29 is 15.0 Å². The minimum absolute atomic E-state index is 0.0652. The molecule has 0 rings (SSSR count). The van der Waals surface area contributed by atoms with E-state index in [-0.39, 0.29) is 12.5 Å². The molecule has 232 valence electrons. The molecule has 1 amide bonds. The fraction of sp³-hybridized carbons (Fsp3) is 0.914. The molecule has 0 bridgehead atoms. The molecule has 0 aromatic carbocycles. The van der Waals surface area contributed by atoms with E-state index < -0.39 is 12.1 Å². The lowest BCUT2D eigenvalue weighted by Crippen LogP contribution is -2.45. The summed E-state index contributed by atoms with van der Waals surface area (Å²) in [6.45, 7) is 6.62. The van der Waals surface area contributed by atoms with Gasteiger partial charge >= 0.3 is 0 Å². The first-order chi connectivity index (χ1) is 19.0. The Labute approximate surface area is 244 Å². The van der Waals surface area contributed by atoms with E-state index in [0.717, 1.165) is 31.6 Å². The van der Waals surface area contributed by atoms with Crippen LogP contribution < -0.4 is 5.32 Å². The summed E-state index contributed by atoms with van der Waals surface area (Å²) in [4.78, 5) is 12.3. The van der Waals surface area contributed by atoms with Gasteiger partial charge in [-0.3, -0.25) is 4.79 Å². The molecule has 0 fully saturated rings. The summed E-state index contributed by atoms with van der Waals surface area (Å²) in [5.74, 6) is 0.759. The lowest BCUT2D eigenvalue weighted by Gasteiger charge is -2.20. The molecule has 0 aliphatic carbocycles. The number of aliphatic hydroxyl groups is 2. The molecule has 0 aromatic rings. The Morgan fingerprint density at radius 2 is 1.10 bits per heavy atom. The zero-order valence-electron chi connectivity index (χ0n) is 26.6. The van der Waals surface area contributed by atoms with Crippen LogP contribution >= 0.6 is 0 Å². The van der Waals surface area contributed by atoms with Crippen LogP contribution in [0.4, 0.5) is 0 Å². The number of hydrogen-bond donors (Lipinski definition) is 3. The largest absolute Gasteiger partial charge is 0.394 e. The highest BCUT2D eigenvalue weighted by Crippen LogP contribution is 2.15. The molecule has 0 spiro atoms. The zero-order valence-corrected chi connectivity index (χ0v) is 26.6. The molecule has 0 saturated heterocycles. The second kappa shape index (κ2) is 30.1. The number of hydrogen-bond acceptors (Lipinski definition) is 3. The van der Waals surface area contributed by atoms with Gasteiger partial charge in [-0.25, -0.2) is 0 Å². The highest BCUT2D eigenvalue weighted by molar-refractivity contribution is 5.76. The maximum atomic E-state index is 12.3. The summed E-state index contributed by atoms with van der Waals surface area (Å²) in [6.07, 6.45) is 34.3. The van der Waals surface area contributed by atoms with Crippen molar-refractivity contribution in [2.75, 3.05) is 6.61 Å². The molecule has 0 unspecified atom stereocenters. The number of amides is 1. The molecular weight excluding hydrogens is 482 g/mol. The first-order valence-corrected chi connectivity index (χ1v) is 17.3. The van der Waals surface area contributed by atoms with E-state index in [1.807, 2.05) is 6.08 Å². The van der Waals surface area contributed by atoms with Crippen molar-refractivity contribution in [3.05, 3.63) is 12.2 Å². The van der Waals surface area contributed by atoms with Crippen molar-refractivity contribution in [3.63, 3.8) is 0 Å². The second-order valence-corrected chi connectivity index (χ2v) is 12.4. The first kappa shape index (κ1) is 38.1. The standard InChI is InChI=1S/C35H69NO3/c1-4-5-6-7-8-9-10-11-12-13-14-18-21-24-27-30-35(39)36-33(31-37)34(38)29-26-23-20-17-15-16-19-22-25-28-32(2)3/h26,29,32-34,37-38H,4-25,27-28,30-31H2,1-3H3,(H,36,39)/b29-26+/t33-,34+/m0/s1. The van der Waals surface area contributed by atoms with Crippen LogP contribution in [0.5, 0.6) is 0 Å². The normalized spacial score (nSPS) is 13.4. The molecular formula is C35H69NO3. The van der Waals surface area contributed by atoms with Crippen LogP contribution in [0.15, 0.2) is 12.2 Å². The molecule has 0 heterocycles. The van der Waals surface area contributed by atoms with Gasteiger partial charge < -0.3 is 15.5 Å². The Morgan fingerprint density at radius 1 is 0.667 bits per heavy atom. The minimum Gasteiger partial charge on any atom is -0.394 e. The summed E-state index contributed by atoms with van der Waals surface area (Å²) in [6, 6.07) is -0.615. The average Bonchev–Trinajstić information content (AvgIpc) is 2.92. The van der Waals surface area contributed by atoms with Crippen LogP contribution in [-0.2, 0) is 4.79 Å². The third-order valence-corrected chi connectivity index (χ3v) is 7.95. The van der Waals surface area contributed by atoms with Crippen LogP contribution in [-0.4, -0.2) is 34.9 Å². The van der Waals surface area contributed by atoms with E-state index in [9.17, 15) is 15.0 Å². The van der Waals surface area contributed by atoms with Crippen LogP contribution in [0.1, 0.15) is 181 Å². The Kier molecular flexibility index (Phi) is 29.4. The average molecular weight is 552 g/mol. The third kappa shape index (κ3) is 28.5. The number of allylic oxidation sites excluding steroid dienone is 1. The Hall–Kier alpha value is -0.870. The second-order valence-electron chi connectivity index (χ2n) is 12.4. The third-order valence-electron chi connectivity index (χ3n) is 7.95. The summed E-state index contributed by atoms with van der Waals surface area (Å²) < 4.78 is 0. The van der Waals surface area contributed by atoms with E-state index >= 15 is 0 Å². The van der Waals surface area contributed by atoms with Crippen molar-refractivity contribution in [3.8, 4) is 0 Å². The summed E-state index contributed by atoms with van der Waals surface area (Å²) in [5.41, 5.74) is 0. The quantitative estimate of drug-likeness (QED) is 0.0614. The number of unbranched alkanes of at least 4 members (excludes halogenated alkanes) is 21. The van der Waals surface area contributed by atoms with E-state index in [1.165, 1.54) is 128 Å². The molecule has 0 radical (unpaired) electrons. The van der Waals surface area contributed by atoms with Gasteiger partial charge in [-0.2, -0.15) is 0 Å². The molecule has 39 heavy (non-hydrogen) atoms. The van der Waals surface area contributed by atoms with Gasteiger partial charge in [0.15, 0.2) is 0 Å². The Bertz CT molecular complexity index is 534. The van der Waals surface area contributed by atoms with Crippen LogP contribution in [0, 0.1) is 5.92 Å². The lowest BCUT2D eigenvalue weighted by atomic mass is 10.0. The van der Waals surface area contributed by atoms with Crippen molar-refractivity contribution in [2.45, 2.75) is 193 Å². The van der Waals surface area contributed by atoms with Gasteiger partial charge in [0.2, 0.25) is 5.91 Å². The monoisotopic (exact) mass is 552 g/mol. The maximum absolute atomic E-state index is 12.3. The fourth-order valence-corrected chi connectivity index (χ4v) is 5.24. The van der Waals surface area contributed by atoms with E-state index in [0.29, 0.717) is 6.42 Å². The summed E-state index contributed by atoms with van der Waals surface area (Å²) >= 11 is 0. The molecule has 4 heteroatoms. The number of nitrogens with one attached hydrogen (secondary N) is 1. The van der Waals surface area contributed by atoms with Gasteiger partial charge in [0, 0.05) is 6.42 Å². The first-order valence-electron chi connectivity index (χ1n) is 17.3. The van der Waals surface area contributed by atoms with Crippen molar-refractivity contribution in [1.29, 1.82) is 0 Å². The van der Waals surface area contributed by atoms with Gasteiger partial charge in [0.25, 0.3) is 0 Å². The van der Waals surface area contributed by atoms with Crippen LogP contribution in [0.25, 0.3) is 0 Å². The number of carbonyl (C=O) groups is 1. The Morgan fingerprint density at radius 3 is 1.56 bits per heavy atom. The molecule has 3 N–H and O–H groups in total. The topological polar surface area (TPSA) is 69.6 Å². The number of rotatable bonds is 30. The maximum Gasteiger partial charge on any atom is 0.220 e. The number of aliphatic hydroxyl groups excluding tert-OH is 2. The highest BCUT2D eigenvalue weighted by atomic mass is 16.3. The SMILES string of the molecule is CCCCCCCCCCCCCCCCCC(=O)N[C@@H](CO)[C@H](O)/C=C/CCCCCCCCCC(C)C.